The average molecular weight is 374 g/mol. The molecule has 0 saturated carbocycles. The van der Waals surface area contributed by atoms with Crippen molar-refractivity contribution < 1.29 is 4.74 Å². The van der Waals surface area contributed by atoms with Crippen LogP contribution < -0.4 is 10.6 Å². The van der Waals surface area contributed by atoms with Crippen LogP contribution in [0.25, 0.3) is 0 Å². The summed E-state index contributed by atoms with van der Waals surface area (Å²) in [5.74, 6) is 0.823. The van der Waals surface area contributed by atoms with Crippen LogP contribution in [-0.2, 0) is 17.8 Å². The second-order valence-corrected chi connectivity index (χ2v) is 7.72. The Morgan fingerprint density at radius 3 is 2.52 bits per heavy atom. The molecule has 0 spiro atoms. The maximum Gasteiger partial charge on any atom is 0.191 e. The SMILES string of the molecule is CN=C(NCc1ccc(CN2CCCCC2)cc1)NCC1CN(C)CCO1. The first-order valence-electron chi connectivity index (χ1n) is 10.3. The zero-order valence-corrected chi connectivity index (χ0v) is 16.9. The maximum absolute atomic E-state index is 5.79. The zero-order valence-electron chi connectivity index (χ0n) is 16.9. The van der Waals surface area contributed by atoms with E-state index in [1.165, 1.54) is 43.5 Å². The fourth-order valence-electron chi connectivity index (χ4n) is 3.75. The second-order valence-electron chi connectivity index (χ2n) is 7.72. The van der Waals surface area contributed by atoms with E-state index in [0.29, 0.717) is 0 Å². The normalized spacial score (nSPS) is 22.6. The van der Waals surface area contributed by atoms with Gasteiger partial charge in [0, 0.05) is 39.8 Å². The summed E-state index contributed by atoms with van der Waals surface area (Å²) >= 11 is 0. The van der Waals surface area contributed by atoms with Crippen molar-refractivity contribution in [3.8, 4) is 0 Å². The summed E-state index contributed by atoms with van der Waals surface area (Å²) in [5.41, 5.74) is 2.68. The fourth-order valence-corrected chi connectivity index (χ4v) is 3.75. The molecule has 27 heavy (non-hydrogen) atoms. The summed E-state index contributed by atoms with van der Waals surface area (Å²) in [6, 6.07) is 8.96. The smallest absolute Gasteiger partial charge is 0.191 e. The van der Waals surface area contributed by atoms with E-state index in [2.05, 4.69) is 56.7 Å². The van der Waals surface area contributed by atoms with E-state index >= 15 is 0 Å². The molecule has 1 aromatic rings. The van der Waals surface area contributed by atoms with Crippen LogP contribution in [0.15, 0.2) is 29.3 Å². The van der Waals surface area contributed by atoms with E-state index < -0.39 is 0 Å². The van der Waals surface area contributed by atoms with Crippen molar-refractivity contribution in [2.75, 3.05) is 53.4 Å². The van der Waals surface area contributed by atoms with Crippen LogP contribution in [0, 0.1) is 0 Å². The number of ether oxygens (including phenoxy) is 1. The van der Waals surface area contributed by atoms with Gasteiger partial charge >= 0.3 is 0 Å². The third-order valence-electron chi connectivity index (χ3n) is 5.40. The minimum atomic E-state index is 0.219. The highest BCUT2D eigenvalue weighted by molar-refractivity contribution is 5.79. The molecule has 6 nitrogen and oxygen atoms in total. The Balaban J connectivity index is 1.39. The van der Waals surface area contributed by atoms with Crippen LogP contribution in [0.2, 0.25) is 0 Å². The van der Waals surface area contributed by atoms with Gasteiger partial charge in [-0.2, -0.15) is 0 Å². The minimum Gasteiger partial charge on any atom is -0.374 e. The van der Waals surface area contributed by atoms with Gasteiger partial charge in [-0.3, -0.25) is 9.89 Å². The molecule has 3 rings (SSSR count). The first-order chi connectivity index (χ1) is 13.2. The molecule has 2 aliphatic rings. The molecule has 2 fully saturated rings. The summed E-state index contributed by atoms with van der Waals surface area (Å²) in [7, 11) is 3.95. The van der Waals surface area contributed by atoms with Gasteiger partial charge in [0.15, 0.2) is 5.96 Å². The number of nitrogens with zero attached hydrogens (tertiary/aromatic N) is 3. The van der Waals surface area contributed by atoms with Gasteiger partial charge < -0.3 is 20.3 Å². The first kappa shape index (κ1) is 20.1. The molecule has 2 saturated heterocycles. The Bertz CT molecular complexity index is 583. The van der Waals surface area contributed by atoms with Crippen LogP contribution in [0.1, 0.15) is 30.4 Å². The first-order valence-corrected chi connectivity index (χ1v) is 10.3. The predicted molar refractivity (Wildman–Crippen MR) is 111 cm³/mol. The topological polar surface area (TPSA) is 52.1 Å². The van der Waals surface area contributed by atoms with E-state index in [-0.39, 0.29) is 6.10 Å². The fraction of sp³-hybridized carbons (Fsp3) is 0.667. The molecular formula is C21H35N5O. The number of rotatable bonds is 6. The van der Waals surface area contributed by atoms with Crippen LogP contribution in [0.5, 0.6) is 0 Å². The second kappa shape index (κ2) is 10.6. The van der Waals surface area contributed by atoms with Crippen molar-refractivity contribution in [2.24, 2.45) is 4.99 Å². The number of guanidine groups is 1. The van der Waals surface area contributed by atoms with Crippen molar-refractivity contribution in [3.05, 3.63) is 35.4 Å². The Hall–Kier alpha value is -1.63. The summed E-state index contributed by atoms with van der Waals surface area (Å²) in [6.07, 6.45) is 4.29. The molecule has 2 heterocycles. The third kappa shape index (κ3) is 6.79. The Morgan fingerprint density at radius 1 is 1.07 bits per heavy atom. The molecule has 0 aliphatic carbocycles. The lowest BCUT2D eigenvalue weighted by Gasteiger charge is -2.30. The van der Waals surface area contributed by atoms with Crippen molar-refractivity contribution in [1.82, 2.24) is 20.4 Å². The lowest BCUT2D eigenvalue weighted by molar-refractivity contribution is -0.0161. The summed E-state index contributed by atoms with van der Waals surface area (Å²) < 4.78 is 5.79. The van der Waals surface area contributed by atoms with E-state index in [1.54, 1.807) is 0 Å². The molecule has 0 bridgehead atoms. The molecular weight excluding hydrogens is 338 g/mol. The number of benzene rings is 1. The van der Waals surface area contributed by atoms with E-state index in [0.717, 1.165) is 45.3 Å². The number of hydrogen-bond donors (Lipinski definition) is 2. The van der Waals surface area contributed by atoms with Crippen molar-refractivity contribution in [1.29, 1.82) is 0 Å². The minimum absolute atomic E-state index is 0.219. The highest BCUT2D eigenvalue weighted by atomic mass is 16.5. The molecule has 0 amide bonds. The highest BCUT2D eigenvalue weighted by Gasteiger charge is 2.17. The number of nitrogens with one attached hydrogen (secondary N) is 2. The Kier molecular flexibility index (Phi) is 7.93. The highest BCUT2D eigenvalue weighted by Crippen LogP contribution is 2.13. The standard InChI is InChI=1S/C21H35N5O/c1-22-21(24-15-20-17-25(2)12-13-27-20)23-14-18-6-8-19(9-7-18)16-26-10-4-3-5-11-26/h6-9,20H,3-5,10-17H2,1-2H3,(H2,22,23,24). The van der Waals surface area contributed by atoms with Gasteiger partial charge in [0.2, 0.25) is 0 Å². The maximum atomic E-state index is 5.79. The number of hydrogen-bond acceptors (Lipinski definition) is 4. The van der Waals surface area contributed by atoms with Crippen LogP contribution >= 0.6 is 0 Å². The molecule has 0 aromatic heterocycles. The van der Waals surface area contributed by atoms with Gasteiger partial charge in [-0.15, -0.1) is 0 Å². The van der Waals surface area contributed by atoms with Crippen molar-refractivity contribution in [2.45, 2.75) is 38.5 Å². The zero-order chi connectivity index (χ0) is 18.9. The molecule has 1 unspecified atom stereocenters. The lowest BCUT2D eigenvalue weighted by Crippen LogP contribution is -2.48. The number of aliphatic imine (C=N–C) groups is 1. The molecule has 1 aromatic carbocycles. The molecule has 0 radical (unpaired) electrons. The largest absolute Gasteiger partial charge is 0.374 e. The molecule has 150 valence electrons. The average Bonchev–Trinajstić information content (AvgIpc) is 2.70. The number of likely N-dealkylation sites (N-methyl/N-ethyl adjacent to an activating group) is 1. The van der Waals surface area contributed by atoms with E-state index in [9.17, 15) is 0 Å². The van der Waals surface area contributed by atoms with E-state index in [1.807, 2.05) is 7.05 Å². The van der Waals surface area contributed by atoms with Gasteiger partial charge in [0.25, 0.3) is 0 Å². The molecule has 2 N–H and O–H groups in total. The van der Waals surface area contributed by atoms with Gasteiger partial charge in [0.05, 0.1) is 12.7 Å². The molecule has 6 heteroatoms. The molecule has 1 atom stereocenters. The Labute approximate surface area is 164 Å². The monoisotopic (exact) mass is 373 g/mol. The number of piperidine rings is 1. The van der Waals surface area contributed by atoms with Crippen LogP contribution in [0.4, 0.5) is 0 Å². The van der Waals surface area contributed by atoms with E-state index in [4.69, 9.17) is 4.74 Å². The van der Waals surface area contributed by atoms with Gasteiger partial charge in [-0.1, -0.05) is 30.7 Å². The summed E-state index contributed by atoms with van der Waals surface area (Å²) in [4.78, 5) is 9.19. The molecule has 2 aliphatic heterocycles. The summed E-state index contributed by atoms with van der Waals surface area (Å²) in [5, 5.41) is 6.77. The number of likely N-dealkylation sites (tertiary alicyclic amines) is 1. The Morgan fingerprint density at radius 2 is 1.81 bits per heavy atom. The number of morpholine rings is 1. The third-order valence-corrected chi connectivity index (χ3v) is 5.40. The van der Waals surface area contributed by atoms with Crippen LogP contribution in [0.3, 0.4) is 0 Å². The van der Waals surface area contributed by atoms with Gasteiger partial charge in [-0.05, 0) is 44.1 Å². The quantitative estimate of drug-likeness (QED) is 0.587. The van der Waals surface area contributed by atoms with Crippen LogP contribution in [-0.4, -0.2) is 75.3 Å². The summed E-state index contributed by atoms with van der Waals surface area (Å²) in [6.45, 7) is 7.89. The van der Waals surface area contributed by atoms with Crippen molar-refractivity contribution in [3.63, 3.8) is 0 Å². The van der Waals surface area contributed by atoms with Gasteiger partial charge in [0.1, 0.15) is 0 Å². The van der Waals surface area contributed by atoms with Gasteiger partial charge in [-0.25, -0.2) is 0 Å². The lowest BCUT2D eigenvalue weighted by atomic mass is 10.1. The van der Waals surface area contributed by atoms with Crippen molar-refractivity contribution >= 4 is 5.96 Å². The predicted octanol–water partition coefficient (Wildman–Crippen LogP) is 1.67.